The molecule has 2 N–H and O–H groups in total. The van der Waals surface area contributed by atoms with Crippen LogP contribution in [0.25, 0.3) is 10.8 Å². The summed E-state index contributed by atoms with van der Waals surface area (Å²) in [6, 6.07) is 27.9. The van der Waals surface area contributed by atoms with E-state index < -0.39 is 5.85 Å². The average Bonchev–Trinajstić information content (AvgIpc) is 3.87. The van der Waals surface area contributed by atoms with Crippen LogP contribution in [0.15, 0.2) is 110 Å². The predicted molar refractivity (Wildman–Crippen MR) is 221 cm³/mol. The summed E-state index contributed by atoms with van der Waals surface area (Å²) in [5.41, 5.74) is 4.93. The van der Waals surface area contributed by atoms with Crippen molar-refractivity contribution in [3.05, 3.63) is 118 Å². The molecule has 0 saturated heterocycles. The van der Waals surface area contributed by atoms with Crippen LogP contribution >= 0.6 is 0 Å². The van der Waals surface area contributed by atoms with Crippen LogP contribution in [0, 0.1) is 0 Å². The van der Waals surface area contributed by atoms with Gasteiger partial charge in [-0.15, -0.1) is 0 Å². The number of fused-ring (bicyclic) bond motifs is 18. The summed E-state index contributed by atoms with van der Waals surface area (Å²) in [6.07, 6.45) is -0.532. The molecule has 1 aromatic heterocycles. The molecule has 12 nitrogen and oxygen atoms in total. The number of H-pyrrole nitrogens is 1. The van der Waals surface area contributed by atoms with Crippen LogP contribution in [-0.4, -0.2) is 58.6 Å². The monoisotopic (exact) mass is 748 g/mol. The normalized spacial score (nSPS) is 18.1. The number of aromatic amines is 1. The minimum Gasteiger partial charge on any atom is -0.491 e. The van der Waals surface area contributed by atoms with Crippen molar-refractivity contribution in [3.63, 3.8) is 0 Å². The smallest absolute Gasteiger partial charge is 0.268 e. The van der Waals surface area contributed by atoms with E-state index >= 15 is 0 Å². The highest BCUT2D eigenvalue weighted by atomic mass is 16.7. The summed E-state index contributed by atoms with van der Waals surface area (Å²) in [5, 5.41) is 7.04. The SMILES string of the molecule is CC(C)Oc1ccc2c(c1)C1=NC3(OC(C)C)NC(=NC4=NC(=Nc5[nH]c(c6ccc(OC(C)C)cc56)N(OC(C)C)C2=N1)c1ccccc14)c1ccccc13. The minimum absolute atomic E-state index is 0.0208. The largest absolute Gasteiger partial charge is 0.491 e. The zero-order valence-corrected chi connectivity index (χ0v) is 32.7. The summed E-state index contributed by atoms with van der Waals surface area (Å²) in [5.74, 6) is 3.82. The van der Waals surface area contributed by atoms with E-state index in [1.165, 1.54) is 0 Å². The van der Waals surface area contributed by atoms with Gasteiger partial charge in [0.2, 0.25) is 0 Å². The van der Waals surface area contributed by atoms with Gasteiger partial charge in [0, 0.05) is 44.2 Å². The fraction of sp³-hybridized carbons (Fsp3) is 0.295. The van der Waals surface area contributed by atoms with Crippen molar-refractivity contribution < 1.29 is 19.0 Å². The summed E-state index contributed by atoms with van der Waals surface area (Å²) < 4.78 is 19.2. The van der Waals surface area contributed by atoms with E-state index in [2.05, 4.69) is 10.3 Å². The van der Waals surface area contributed by atoms with E-state index in [1.54, 1.807) is 5.06 Å². The van der Waals surface area contributed by atoms with Gasteiger partial charge in [-0.2, -0.15) is 5.06 Å². The molecule has 4 aromatic carbocycles. The first-order valence-corrected chi connectivity index (χ1v) is 19.2. The van der Waals surface area contributed by atoms with E-state index in [1.807, 2.05) is 140 Å². The number of nitrogens with one attached hydrogen (secondary N) is 2. The Balaban J connectivity index is 1.38. The molecular formula is C44H44N8O4. The van der Waals surface area contributed by atoms with Gasteiger partial charge in [0.05, 0.1) is 24.4 Å². The van der Waals surface area contributed by atoms with Crippen molar-refractivity contribution in [2.75, 3.05) is 5.06 Å². The molecule has 0 radical (unpaired) electrons. The molecule has 0 aliphatic carbocycles. The van der Waals surface area contributed by atoms with E-state index in [0.29, 0.717) is 46.6 Å². The van der Waals surface area contributed by atoms with E-state index in [4.69, 9.17) is 44.0 Å². The molecule has 56 heavy (non-hydrogen) atoms. The number of benzene rings is 4. The van der Waals surface area contributed by atoms with Gasteiger partial charge in [0.1, 0.15) is 29.0 Å². The molecule has 0 amide bonds. The lowest BCUT2D eigenvalue weighted by atomic mass is 10.1. The lowest BCUT2D eigenvalue weighted by molar-refractivity contribution is -0.0870. The molecule has 0 saturated carbocycles. The number of amidine groups is 5. The topological polar surface area (TPSA) is 130 Å². The quantitative estimate of drug-likeness (QED) is 0.164. The van der Waals surface area contributed by atoms with Crippen molar-refractivity contribution >= 4 is 51.6 Å². The second-order valence-electron chi connectivity index (χ2n) is 15.2. The third-order valence-electron chi connectivity index (χ3n) is 9.44. The van der Waals surface area contributed by atoms with Crippen LogP contribution in [0.2, 0.25) is 0 Å². The molecule has 5 heterocycles. The Morgan fingerprint density at radius 3 is 1.93 bits per heavy atom. The Kier molecular flexibility index (Phi) is 8.62. The molecule has 4 aliphatic rings. The fourth-order valence-corrected chi connectivity index (χ4v) is 7.44. The zero-order chi connectivity index (χ0) is 38.9. The number of aliphatic imine (C=N–C) groups is 5. The maximum atomic E-state index is 6.81. The lowest BCUT2D eigenvalue weighted by Gasteiger charge is -2.29. The number of hydroxylamine groups is 1. The van der Waals surface area contributed by atoms with Crippen LogP contribution in [0.5, 0.6) is 11.5 Å². The summed E-state index contributed by atoms with van der Waals surface area (Å²) in [6.45, 7) is 16.0. The van der Waals surface area contributed by atoms with Crippen LogP contribution in [-0.2, 0) is 15.4 Å². The van der Waals surface area contributed by atoms with Gasteiger partial charge < -0.3 is 24.5 Å². The first-order valence-electron chi connectivity index (χ1n) is 19.2. The third-order valence-corrected chi connectivity index (χ3v) is 9.44. The highest BCUT2D eigenvalue weighted by Crippen LogP contribution is 2.42. The number of aromatic nitrogens is 1. The van der Waals surface area contributed by atoms with Crippen LogP contribution < -0.4 is 19.9 Å². The van der Waals surface area contributed by atoms with Crippen molar-refractivity contribution in [2.45, 2.75) is 85.7 Å². The third kappa shape index (κ3) is 6.15. The molecule has 5 aromatic rings. The standard InChI is InChI=1S/C44H44N8O4/c1-23(2)53-27-17-19-31-34(21-27)39-46-37-29-13-9-10-14-30(29)38(45-37)47-40-33-15-11-12-16-36(33)44(50-40,55-25(5)6)51-41-35-22-28(54-24(3)4)18-20-32(35)43(49-41)52(42(31)48-39)56-26(7)8/h9-26,48H,1-8H3,(H,45,46,47,50). The maximum absolute atomic E-state index is 6.81. The van der Waals surface area contributed by atoms with E-state index in [0.717, 1.165) is 49.9 Å². The molecule has 284 valence electrons. The second-order valence-corrected chi connectivity index (χ2v) is 15.2. The first kappa shape index (κ1) is 35.6. The average molecular weight is 749 g/mol. The van der Waals surface area contributed by atoms with Crippen LogP contribution in [0.4, 0.5) is 11.6 Å². The summed E-state index contributed by atoms with van der Waals surface area (Å²) in [7, 11) is 0. The Morgan fingerprint density at radius 1 is 0.571 bits per heavy atom. The lowest BCUT2D eigenvalue weighted by Crippen LogP contribution is -2.43. The fourth-order valence-electron chi connectivity index (χ4n) is 7.44. The molecular weight excluding hydrogens is 705 g/mol. The molecule has 12 heteroatoms. The Bertz CT molecular complexity index is 2560. The summed E-state index contributed by atoms with van der Waals surface area (Å²) >= 11 is 0. The number of anilines is 1. The highest BCUT2D eigenvalue weighted by molar-refractivity contribution is 6.29. The van der Waals surface area contributed by atoms with E-state index in [9.17, 15) is 0 Å². The Labute approximate surface area is 325 Å². The number of nitrogens with zero attached hydrogens (tertiary/aromatic N) is 6. The van der Waals surface area contributed by atoms with Crippen molar-refractivity contribution in [1.82, 2.24) is 10.3 Å². The number of hydrogen-bond donors (Lipinski definition) is 2. The number of ether oxygens (including phenoxy) is 3. The molecule has 0 spiro atoms. The van der Waals surface area contributed by atoms with Crippen LogP contribution in [0.3, 0.4) is 0 Å². The molecule has 1 unspecified atom stereocenters. The molecule has 9 rings (SSSR count). The maximum Gasteiger partial charge on any atom is 0.268 e. The van der Waals surface area contributed by atoms with Gasteiger partial charge in [-0.1, -0.05) is 48.5 Å². The van der Waals surface area contributed by atoms with Gasteiger partial charge in [-0.05, 0) is 91.8 Å². The molecule has 0 fully saturated rings. The van der Waals surface area contributed by atoms with E-state index in [-0.39, 0.29) is 24.4 Å². The van der Waals surface area contributed by atoms with Gasteiger partial charge in [-0.3, -0.25) is 4.84 Å². The van der Waals surface area contributed by atoms with Crippen molar-refractivity contribution in [3.8, 4) is 11.5 Å². The van der Waals surface area contributed by atoms with Gasteiger partial charge in [0.15, 0.2) is 23.3 Å². The number of rotatable bonds is 8. The predicted octanol–water partition coefficient (Wildman–Crippen LogP) is 8.53. The first-order chi connectivity index (χ1) is 27.0. The minimum atomic E-state index is -1.39. The molecule has 4 aliphatic heterocycles. The number of hydrogen-bond acceptors (Lipinski definition) is 11. The van der Waals surface area contributed by atoms with Crippen molar-refractivity contribution in [2.24, 2.45) is 25.0 Å². The Hall–Kier alpha value is -6.11. The van der Waals surface area contributed by atoms with Gasteiger partial charge >= 0.3 is 0 Å². The van der Waals surface area contributed by atoms with Crippen molar-refractivity contribution in [1.29, 1.82) is 0 Å². The molecule has 1 atom stereocenters. The molecule has 8 bridgehead atoms. The Morgan fingerprint density at radius 2 is 1.23 bits per heavy atom. The summed E-state index contributed by atoms with van der Waals surface area (Å²) in [4.78, 5) is 36.6. The van der Waals surface area contributed by atoms with Gasteiger partial charge in [0.25, 0.3) is 5.85 Å². The van der Waals surface area contributed by atoms with Crippen LogP contribution in [0.1, 0.15) is 88.8 Å². The second kappa shape index (κ2) is 13.6. The zero-order valence-electron chi connectivity index (χ0n) is 32.7. The highest BCUT2D eigenvalue weighted by Gasteiger charge is 2.46. The van der Waals surface area contributed by atoms with Gasteiger partial charge in [-0.25, -0.2) is 25.0 Å².